The van der Waals surface area contributed by atoms with Gasteiger partial charge in [0.05, 0.1) is 13.2 Å². The molecule has 2 aliphatic rings. The molecule has 1 amide bonds. The molecule has 0 aromatic rings. The van der Waals surface area contributed by atoms with Crippen LogP contribution in [0.2, 0.25) is 0 Å². The van der Waals surface area contributed by atoms with Gasteiger partial charge in [0.25, 0.3) is 0 Å². The highest BCUT2D eigenvalue weighted by molar-refractivity contribution is 5.93. The van der Waals surface area contributed by atoms with E-state index in [0.29, 0.717) is 19.6 Å². The summed E-state index contributed by atoms with van der Waals surface area (Å²) in [6.45, 7) is 6.72. The second-order valence-electron chi connectivity index (χ2n) is 5.67. The summed E-state index contributed by atoms with van der Waals surface area (Å²) in [7, 11) is 0. The van der Waals surface area contributed by atoms with Crippen molar-refractivity contribution >= 4 is 11.9 Å². The maximum absolute atomic E-state index is 11.9. The molecule has 0 radical (unpaired) electrons. The zero-order valence-electron chi connectivity index (χ0n) is 10.6. The van der Waals surface area contributed by atoms with Gasteiger partial charge in [-0.05, 0) is 20.8 Å². The minimum atomic E-state index is -0.585. The number of nitrogens with zero attached hydrogens (tertiary/aromatic N) is 1. The molecule has 0 N–H and O–H groups in total. The minimum Gasteiger partial charge on any atom is -0.444 e. The number of rotatable bonds is 0. The lowest BCUT2D eigenvalue weighted by Crippen LogP contribution is -2.60. The highest BCUT2D eigenvalue weighted by Crippen LogP contribution is 2.34. The molecule has 0 aromatic carbocycles. The van der Waals surface area contributed by atoms with E-state index in [-0.39, 0.29) is 12.3 Å². The van der Waals surface area contributed by atoms with Gasteiger partial charge in [0.1, 0.15) is 11.2 Å². The van der Waals surface area contributed by atoms with Crippen molar-refractivity contribution in [1.29, 1.82) is 0 Å². The second kappa shape index (κ2) is 3.98. The maximum atomic E-state index is 11.9. The Morgan fingerprint density at radius 2 is 2.06 bits per heavy atom. The van der Waals surface area contributed by atoms with Crippen molar-refractivity contribution in [3.8, 4) is 0 Å². The first kappa shape index (κ1) is 12.4. The highest BCUT2D eigenvalue weighted by Gasteiger charge is 2.49. The van der Waals surface area contributed by atoms with Crippen molar-refractivity contribution in [3.05, 3.63) is 0 Å². The van der Waals surface area contributed by atoms with Gasteiger partial charge in [0, 0.05) is 19.4 Å². The molecule has 2 aliphatic heterocycles. The van der Waals surface area contributed by atoms with E-state index >= 15 is 0 Å². The van der Waals surface area contributed by atoms with Crippen LogP contribution in [-0.2, 0) is 14.3 Å². The normalized spacial score (nSPS) is 29.1. The summed E-state index contributed by atoms with van der Waals surface area (Å²) in [5.41, 5.74) is -1.11. The predicted octanol–water partition coefficient (Wildman–Crippen LogP) is 1.36. The molecule has 1 spiro atoms. The van der Waals surface area contributed by atoms with Crippen molar-refractivity contribution in [2.45, 2.75) is 44.8 Å². The van der Waals surface area contributed by atoms with Gasteiger partial charge in [-0.3, -0.25) is 4.79 Å². The summed E-state index contributed by atoms with van der Waals surface area (Å²) in [5, 5.41) is 0. The molecule has 0 aromatic heterocycles. The van der Waals surface area contributed by atoms with Crippen LogP contribution in [0.5, 0.6) is 0 Å². The van der Waals surface area contributed by atoms with E-state index in [9.17, 15) is 9.59 Å². The lowest BCUT2D eigenvalue weighted by Gasteiger charge is -2.45. The number of piperidine rings is 1. The Kier molecular flexibility index (Phi) is 2.89. The van der Waals surface area contributed by atoms with Crippen LogP contribution in [0.25, 0.3) is 0 Å². The van der Waals surface area contributed by atoms with Crippen molar-refractivity contribution in [1.82, 2.24) is 4.90 Å². The van der Waals surface area contributed by atoms with Crippen LogP contribution in [0, 0.1) is 0 Å². The molecular weight excluding hydrogens is 222 g/mol. The molecule has 5 heteroatoms. The van der Waals surface area contributed by atoms with Gasteiger partial charge in [0.15, 0.2) is 5.78 Å². The number of ether oxygens (including phenoxy) is 2. The minimum absolute atomic E-state index is 0.000796. The number of Topliss-reactive ketones (excluding diaryl/α,β-unsaturated/α-hetero) is 1. The number of amides is 1. The zero-order chi connectivity index (χ0) is 12.7. The number of carbonyl (C=O) groups is 2. The Morgan fingerprint density at radius 3 is 2.47 bits per heavy atom. The van der Waals surface area contributed by atoms with E-state index in [4.69, 9.17) is 9.47 Å². The Labute approximate surface area is 101 Å². The SMILES string of the molecule is CC(C)(C)OC(=O)N1CCC2(CCO2)C(=O)C1. The smallest absolute Gasteiger partial charge is 0.410 e. The van der Waals surface area contributed by atoms with E-state index < -0.39 is 17.3 Å². The fourth-order valence-electron chi connectivity index (χ4n) is 2.10. The van der Waals surface area contributed by atoms with Crippen LogP contribution in [0.1, 0.15) is 33.6 Å². The Balaban J connectivity index is 1.93. The molecule has 0 aliphatic carbocycles. The zero-order valence-corrected chi connectivity index (χ0v) is 10.6. The molecule has 17 heavy (non-hydrogen) atoms. The van der Waals surface area contributed by atoms with E-state index in [1.807, 2.05) is 20.8 Å². The maximum Gasteiger partial charge on any atom is 0.410 e. The molecule has 1 unspecified atom stereocenters. The molecule has 1 atom stereocenters. The number of ketones is 1. The summed E-state index contributed by atoms with van der Waals surface area (Å²) < 4.78 is 10.6. The molecule has 5 nitrogen and oxygen atoms in total. The monoisotopic (exact) mass is 241 g/mol. The van der Waals surface area contributed by atoms with E-state index in [0.717, 1.165) is 6.42 Å². The van der Waals surface area contributed by atoms with Crippen LogP contribution in [0.4, 0.5) is 4.79 Å². The first-order valence-corrected chi connectivity index (χ1v) is 5.98. The number of carbonyl (C=O) groups excluding carboxylic acids is 2. The number of hydrogen-bond donors (Lipinski definition) is 0. The van der Waals surface area contributed by atoms with Crippen LogP contribution in [0.3, 0.4) is 0 Å². The van der Waals surface area contributed by atoms with E-state index in [1.165, 1.54) is 4.90 Å². The van der Waals surface area contributed by atoms with Gasteiger partial charge in [-0.15, -0.1) is 0 Å². The summed E-state index contributed by atoms with van der Waals surface area (Å²) in [6, 6.07) is 0. The van der Waals surface area contributed by atoms with Crippen LogP contribution >= 0.6 is 0 Å². The van der Waals surface area contributed by atoms with Crippen molar-refractivity contribution < 1.29 is 19.1 Å². The molecule has 2 saturated heterocycles. The third-order valence-electron chi connectivity index (χ3n) is 3.16. The molecule has 96 valence electrons. The topological polar surface area (TPSA) is 55.8 Å². The quantitative estimate of drug-likeness (QED) is 0.642. The summed E-state index contributed by atoms with van der Waals surface area (Å²) >= 11 is 0. The molecule has 2 rings (SSSR count). The van der Waals surface area contributed by atoms with E-state index in [1.54, 1.807) is 0 Å². The first-order valence-electron chi connectivity index (χ1n) is 5.98. The predicted molar refractivity (Wildman–Crippen MR) is 60.7 cm³/mol. The molecule has 2 fully saturated rings. The van der Waals surface area contributed by atoms with Crippen LogP contribution < -0.4 is 0 Å². The van der Waals surface area contributed by atoms with Crippen molar-refractivity contribution in [2.75, 3.05) is 19.7 Å². The standard InChI is InChI=1S/C12H19NO4/c1-11(2,3)17-10(15)13-6-4-12(5-7-16-12)9(14)8-13/h4-8H2,1-3H3. The third kappa shape index (κ3) is 2.44. The second-order valence-corrected chi connectivity index (χ2v) is 5.67. The van der Waals surface area contributed by atoms with Gasteiger partial charge in [-0.1, -0.05) is 0 Å². The average Bonchev–Trinajstić information content (AvgIpc) is 2.12. The Hall–Kier alpha value is -1.10. The lowest BCUT2D eigenvalue weighted by atomic mass is 9.83. The Morgan fingerprint density at radius 1 is 1.41 bits per heavy atom. The number of likely N-dealkylation sites (tertiary alicyclic amines) is 1. The highest BCUT2D eigenvalue weighted by atomic mass is 16.6. The largest absolute Gasteiger partial charge is 0.444 e. The molecule has 0 saturated carbocycles. The lowest BCUT2D eigenvalue weighted by molar-refractivity contribution is -0.184. The first-order chi connectivity index (χ1) is 7.82. The average molecular weight is 241 g/mol. The van der Waals surface area contributed by atoms with E-state index in [2.05, 4.69) is 0 Å². The number of hydrogen-bond acceptors (Lipinski definition) is 4. The third-order valence-corrected chi connectivity index (χ3v) is 3.16. The summed E-state index contributed by atoms with van der Waals surface area (Å²) in [5.74, 6) is 0.000796. The van der Waals surface area contributed by atoms with Gasteiger partial charge >= 0.3 is 6.09 Å². The van der Waals surface area contributed by atoms with Crippen molar-refractivity contribution in [2.24, 2.45) is 0 Å². The molecule has 2 heterocycles. The molecular formula is C12H19NO4. The van der Waals surface area contributed by atoms with Gasteiger partial charge in [0.2, 0.25) is 0 Å². The van der Waals surface area contributed by atoms with Gasteiger partial charge in [-0.25, -0.2) is 4.79 Å². The van der Waals surface area contributed by atoms with Crippen molar-refractivity contribution in [3.63, 3.8) is 0 Å². The fraction of sp³-hybridized carbons (Fsp3) is 0.833. The Bertz CT molecular complexity index is 341. The van der Waals surface area contributed by atoms with Gasteiger partial charge < -0.3 is 14.4 Å². The fourth-order valence-corrected chi connectivity index (χ4v) is 2.10. The molecule has 0 bridgehead atoms. The summed E-state index contributed by atoms with van der Waals surface area (Å²) in [4.78, 5) is 25.2. The van der Waals surface area contributed by atoms with Crippen LogP contribution in [-0.4, -0.2) is 47.7 Å². The summed E-state index contributed by atoms with van der Waals surface area (Å²) in [6.07, 6.45) is 0.957. The van der Waals surface area contributed by atoms with Crippen LogP contribution in [0.15, 0.2) is 0 Å². The van der Waals surface area contributed by atoms with Gasteiger partial charge in [-0.2, -0.15) is 0 Å².